The molecule has 2 aromatic rings. The molecular weight excluding hydrogens is 329 g/mol. The van der Waals surface area contributed by atoms with Gasteiger partial charge in [0.1, 0.15) is 5.82 Å². The lowest BCUT2D eigenvalue weighted by molar-refractivity contribution is 0.331. The molecule has 2 unspecified atom stereocenters. The molecule has 0 radical (unpaired) electrons. The Morgan fingerprint density at radius 2 is 2.05 bits per heavy atom. The van der Waals surface area contributed by atoms with Crippen molar-refractivity contribution in [2.75, 3.05) is 7.05 Å². The van der Waals surface area contributed by atoms with Gasteiger partial charge in [0.25, 0.3) is 0 Å². The molecule has 1 aliphatic carbocycles. The molecule has 0 saturated heterocycles. The molecule has 1 nitrogen and oxygen atoms in total. The van der Waals surface area contributed by atoms with E-state index in [9.17, 15) is 4.39 Å². The molecule has 0 aromatic heterocycles. The van der Waals surface area contributed by atoms with E-state index in [1.807, 2.05) is 19.2 Å². The van der Waals surface area contributed by atoms with Crippen LogP contribution >= 0.6 is 15.9 Å². The van der Waals surface area contributed by atoms with Crippen molar-refractivity contribution in [3.05, 3.63) is 69.4 Å². The Morgan fingerprint density at radius 3 is 2.81 bits per heavy atom. The molecule has 110 valence electrons. The molecule has 0 fully saturated rings. The Balaban J connectivity index is 1.86. The summed E-state index contributed by atoms with van der Waals surface area (Å²) in [5, 5.41) is 3.43. The van der Waals surface area contributed by atoms with E-state index in [-0.39, 0.29) is 5.82 Å². The van der Waals surface area contributed by atoms with Gasteiger partial charge < -0.3 is 5.32 Å². The molecule has 0 heterocycles. The molecule has 0 aliphatic heterocycles. The van der Waals surface area contributed by atoms with Crippen molar-refractivity contribution in [3.8, 4) is 0 Å². The highest BCUT2D eigenvalue weighted by molar-refractivity contribution is 9.10. The van der Waals surface area contributed by atoms with Gasteiger partial charge in [0, 0.05) is 10.5 Å². The number of nitrogens with one attached hydrogen (secondary N) is 1. The molecule has 3 heteroatoms. The van der Waals surface area contributed by atoms with E-state index >= 15 is 0 Å². The minimum atomic E-state index is -0.113. The van der Waals surface area contributed by atoms with Crippen molar-refractivity contribution in [2.24, 2.45) is 5.92 Å². The first kappa shape index (κ1) is 14.7. The van der Waals surface area contributed by atoms with E-state index in [0.29, 0.717) is 12.0 Å². The van der Waals surface area contributed by atoms with Crippen molar-refractivity contribution in [3.63, 3.8) is 0 Å². The lowest BCUT2D eigenvalue weighted by Gasteiger charge is -2.33. The van der Waals surface area contributed by atoms with Gasteiger partial charge in [0.05, 0.1) is 0 Å². The van der Waals surface area contributed by atoms with Gasteiger partial charge in [-0.15, -0.1) is 0 Å². The topological polar surface area (TPSA) is 12.0 Å². The number of aryl methyl sites for hydroxylation is 1. The minimum absolute atomic E-state index is 0.113. The third-order valence-electron chi connectivity index (χ3n) is 4.45. The van der Waals surface area contributed by atoms with E-state index in [2.05, 4.69) is 45.5 Å². The van der Waals surface area contributed by atoms with E-state index < -0.39 is 0 Å². The number of benzene rings is 2. The van der Waals surface area contributed by atoms with Crippen LogP contribution in [0.5, 0.6) is 0 Å². The predicted molar refractivity (Wildman–Crippen MR) is 87.9 cm³/mol. The average Bonchev–Trinajstić information content (AvgIpc) is 2.49. The summed E-state index contributed by atoms with van der Waals surface area (Å²) < 4.78 is 14.9. The van der Waals surface area contributed by atoms with Crippen LogP contribution in [0, 0.1) is 11.7 Å². The Hall–Kier alpha value is -1.19. The molecule has 0 saturated carbocycles. The molecule has 0 amide bonds. The second kappa shape index (κ2) is 6.29. The van der Waals surface area contributed by atoms with E-state index in [0.717, 1.165) is 29.3 Å². The monoisotopic (exact) mass is 347 g/mol. The fraction of sp³-hybridized carbons (Fsp3) is 0.333. The summed E-state index contributed by atoms with van der Waals surface area (Å²) in [5.41, 5.74) is 3.60. The van der Waals surface area contributed by atoms with Gasteiger partial charge >= 0.3 is 0 Å². The normalized spacial score (nSPS) is 21.1. The Morgan fingerprint density at radius 1 is 1.24 bits per heavy atom. The summed E-state index contributed by atoms with van der Waals surface area (Å²) in [4.78, 5) is 0. The van der Waals surface area contributed by atoms with E-state index in [1.54, 1.807) is 6.07 Å². The average molecular weight is 348 g/mol. The molecule has 0 spiro atoms. The van der Waals surface area contributed by atoms with Crippen LogP contribution in [-0.2, 0) is 12.8 Å². The molecule has 1 N–H and O–H groups in total. The van der Waals surface area contributed by atoms with Crippen LogP contribution in [-0.4, -0.2) is 7.05 Å². The summed E-state index contributed by atoms with van der Waals surface area (Å²) in [6.07, 6.45) is 2.95. The SMILES string of the molecule is CNC1c2ccccc2CCC1Cc1ccc(Br)cc1F. The minimum Gasteiger partial charge on any atom is -0.313 e. The first-order valence-corrected chi connectivity index (χ1v) is 8.17. The van der Waals surface area contributed by atoms with Crippen LogP contribution in [0.25, 0.3) is 0 Å². The maximum Gasteiger partial charge on any atom is 0.127 e. The molecule has 1 aliphatic rings. The fourth-order valence-electron chi connectivity index (χ4n) is 3.41. The van der Waals surface area contributed by atoms with Crippen molar-refractivity contribution < 1.29 is 4.39 Å². The quantitative estimate of drug-likeness (QED) is 0.851. The van der Waals surface area contributed by atoms with Crippen LogP contribution in [0.15, 0.2) is 46.9 Å². The molecule has 0 bridgehead atoms. The van der Waals surface area contributed by atoms with Crippen molar-refractivity contribution in [1.82, 2.24) is 5.32 Å². The van der Waals surface area contributed by atoms with Gasteiger partial charge in [0.2, 0.25) is 0 Å². The molecular formula is C18H19BrFN. The lowest BCUT2D eigenvalue weighted by atomic mass is 9.77. The largest absolute Gasteiger partial charge is 0.313 e. The maximum absolute atomic E-state index is 14.1. The van der Waals surface area contributed by atoms with Crippen LogP contribution in [0.2, 0.25) is 0 Å². The van der Waals surface area contributed by atoms with Gasteiger partial charge in [-0.3, -0.25) is 0 Å². The van der Waals surface area contributed by atoms with Crippen LogP contribution in [0.4, 0.5) is 4.39 Å². The summed E-state index contributed by atoms with van der Waals surface area (Å²) in [6.45, 7) is 0. The summed E-state index contributed by atoms with van der Waals surface area (Å²) in [6, 6.07) is 14.3. The summed E-state index contributed by atoms with van der Waals surface area (Å²) in [7, 11) is 2.00. The summed E-state index contributed by atoms with van der Waals surface area (Å²) in [5.74, 6) is 0.318. The van der Waals surface area contributed by atoms with Crippen molar-refractivity contribution in [2.45, 2.75) is 25.3 Å². The number of hydrogen-bond donors (Lipinski definition) is 1. The second-order valence-corrected chi connectivity index (χ2v) is 6.62. The molecule has 2 aromatic carbocycles. The van der Waals surface area contributed by atoms with Gasteiger partial charge in [0.15, 0.2) is 0 Å². The van der Waals surface area contributed by atoms with E-state index in [1.165, 1.54) is 11.1 Å². The van der Waals surface area contributed by atoms with Gasteiger partial charge in [-0.1, -0.05) is 46.3 Å². The van der Waals surface area contributed by atoms with Gasteiger partial charge in [-0.25, -0.2) is 4.39 Å². The maximum atomic E-state index is 14.1. The number of rotatable bonds is 3. The van der Waals surface area contributed by atoms with Crippen LogP contribution in [0.1, 0.15) is 29.2 Å². The highest BCUT2D eigenvalue weighted by Crippen LogP contribution is 2.36. The first-order chi connectivity index (χ1) is 10.2. The smallest absolute Gasteiger partial charge is 0.127 e. The highest BCUT2D eigenvalue weighted by atomic mass is 79.9. The number of hydrogen-bond acceptors (Lipinski definition) is 1. The van der Waals surface area contributed by atoms with Gasteiger partial charge in [-0.05, 0) is 61.1 Å². The van der Waals surface area contributed by atoms with Crippen LogP contribution in [0.3, 0.4) is 0 Å². The Bertz CT molecular complexity index is 641. The standard InChI is InChI=1S/C18H19BrFN/c1-21-18-14(7-6-12-4-2-3-5-16(12)18)10-13-8-9-15(19)11-17(13)20/h2-5,8-9,11,14,18,21H,6-7,10H2,1H3. The zero-order valence-corrected chi connectivity index (χ0v) is 13.7. The third-order valence-corrected chi connectivity index (χ3v) is 4.95. The zero-order chi connectivity index (χ0) is 14.8. The number of halogens is 2. The zero-order valence-electron chi connectivity index (χ0n) is 12.1. The third kappa shape index (κ3) is 3.04. The van der Waals surface area contributed by atoms with Gasteiger partial charge in [-0.2, -0.15) is 0 Å². The predicted octanol–water partition coefficient (Wildman–Crippen LogP) is 4.65. The first-order valence-electron chi connectivity index (χ1n) is 7.38. The molecule has 3 rings (SSSR count). The Labute approximate surface area is 133 Å². The molecule has 21 heavy (non-hydrogen) atoms. The van der Waals surface area contributed by atoms with Crippen molar-refractivity contribution in [1.29, 1.82) is 0 Å². The van der Waals surface area contributed by atoms with E-state index in [4.69, 9.17) is 0 Å². The number of fused-ring (bicyclic) bond motifs is 1. The Kier molecular flexibility index (Phi) is 4.41. The second-order valence-electron chi connectivity index (χ2n) is 5.70. The highest BCUT2D eigenvalue weighted by Gasteiger charge is 2.28. The van der Waals surface area contributed by atoms with Crippen molar-refractivity contribution >= 4 is 15.9 Å². The molecule has 2 atom stereocenters. The summed E-state index contributed by atoms with van der Waals surface area (Å²) >= 11 is 3.32. The van der Waals surface area contributed by atoms with Crippen LogP contribution < -0.4 is 5.32 Å². The lowest BCUT2D eigenvalue weighted by Crippen LogP contribution is -2.31. The fourth-order valence-corrected chi connectivity index (χ4v) is 3.74.